The van der Waals surface area contributed by atoms with E-state index in [1.165, 1.54) is 12.1 Å². The van der Waals surface area contributed by atoms with Gasteiger partial charge < -0.3 is 10.2 Å². The van der Waals surface area contributed by atoms with Gasteiger partial charge in [-0.2, -0.15) is 0 Å². The van der Waals surface area contributed by atoms with Crippen LogP contribution in [0.15, 0.2) is 23.1 Å². The van der Waals surface area contributed by atoms with Crippen molar-refractivity contribution in [3.63, 3.8) is 0 Å². The first-order valence-electron chi connectivity index (χ1n) is 6.97. The molecule has 0 aliphatic carbocycles. The number of sulfonamides is 1. The third-order valence-electron chi connectivity index (χ3n) is 3.85. The average molecular weight is 311 g/mol. The Hall–Kier alpha value is -1.60. The number of aryl methyl sites for hydroxylation is 1. The fourth-order valence-corrected chi connectivity index (χ4v) is 2.86. The number of piperidine rings is 1. The van der Waals surface area contributed by atoms with Crippen LogP contribution in [0, 0.1) is 12.8 Å². The number of nitrogens with zero attached hydrogens (tertiary/aromatic N) is 1. The molecule has 6 nitrogen and oxygen atoms in total. The zero-order valence-electron chi connectivity index (χ0n) is 12.3. The molecule has 1 heterocycles. The van der Waals surface area contributed by atoms with Crippen LogP contribution in [0.25, 0.3) is 0 Å². The number of nitrogens with one attached hydrogen (secondary N) is 1. The summed E-state index contributed by atoms with van der Waals surface area (Å²) in [6, 6.07) is 4.27. The van der Waals surface area contributed by atoms with Gasteiger partial charge in [0, 0.05) is 18.8 Å². The number of urea groups is 1. The third-order valence-corrected chi connectivity index (χ3v) is 4.76. The summed E-state index contributed by atoms with van der Waals surface area (Å²) < 4.78 is 22.7. The standard InChI is InChI=1S/C14H21N3O3S/c1-10-5-7-17(8-6-10)14(18)16-13-9-12(21(15,19)20)4-3-11(13)2/h3-4,9-10H,5-8H2,1-2H3,(H,16,18)(H2,15,19,20). The molecule has 116 valence electrons. The van der Waals surface area contributed by atoms with Crippen LogP contribution in [0.1, 0.15) is 25.3 Å². The van der Waals surface area contributed by atoms with Gasteiger partial charge in [0.2, 0.25) is 10.0 Å². The van der Waals surface area contributed by atoms with Crippen LogP contribution in [0.2, 0.25) is 0 Å². The molecule has 3 N–H and O–H groups in total. The molecule has 0 bridgehead atoms. The molecule has 7 heteroatoms. The van der Waals surface area contributed by atoms with Gasteiger partial charge in [0.05, 0.1) is 4.90 Å². The van der Waals surface area contributed by atoms with Crippen LogP contribution in [-0.4, -0.2) is 32.4 Å². The zero-order valence-corrected chi connectivity index (χ0v) is 13.1. The molecule has 1 aromatic rings. The van der Waals surface area contributed by atoms with Gasteiger partial charge in [-0.15, -0.1) is 0 Å². The molecule has 1 saturated heterocycles. The minimum atomic E-state index is -3.77. The van der Waals surface area contributed by atoms with E-state index in [1.54, 1.807) is 17.9 Å². The van der Waals surface area contributed by atoms with Crippen LogP contribution >= 0.6 is 0 Å². The second-order valence-electron chi connectivity index (χ2n) is 5.62. The lowest BCUT2D eigenvalue weighted by Crippen LogP contribution is -2.40. The van der Waals surface area contributed by atoms with Crippen molar-refractivity contribution in [2.24, 2.45) is 11.1 Å². The van der Waals surface area contributed by atoms with Gasteiger partial charge in [-0.3, -0.25) is 0 Å². The van der Waals surface area contributed by atoms with E-state index in [1.807, 2.05) is 0 Å². The number of carbonyl (C=O) groups excluding carboxylic acids is 1. The Balaban J connectivity index is 2.14. The lowest BCUT2D eigenvalue weighted by molar-refractivity contribution is 0.186. The number of anilines is 1. The SMILES string of the molecule is Cc1ccc(S(N)(=O)=O)cc1NC(=O)N1CCC(C)CC1. The van der Waals surface area contributed by atoms with Crippen molar-refractivity contribution in [3.05, 3.63) is 23.8 Å². The maximum atomic E-state index is 12.2. The smallest absolute Gasteiger partial charge is 0.321 e. The highest BCUT2D eigenvalue weighted by atomic mass is 32.2. The van der Waals surface area contributed by atoms with Crippen LogP contribution in [0.5, 0.6) is 0 Å². The molecule has 1 aliphatic rings. The van der Waals surface area contributed by atoms with Crippen molar-refractivity contribution >= 4 is 21.7 Å². The third kappa shape index (κ3) is 3.95. The monoisotopic (exact) mass is 311 g/mol. The van der Waals surface area contributed by atoms with Crippen molar-refractivity contribution in [2.45, 2.75) is 31.6 Å². The van der Waals surface area contributed by atoms with Gasteiger partial charge in [0.15, 0.2) is 0 Å². The van der Waals surface area contributed by atoms with Gasteiger partial charge in [-0.1, -0.05) is 13.0 Å². The minimum Gasteiger partial charge on any atom is -0.325 e. The second kappa shape index (κ2) is 6.03. The average Bonchev–Trinajstić information content (AvgIpc) is 2.40. The Labute approximate surface area is 125 Å². The number of likely N-dealkylation sites (tertiary alicyclic amines) is 1. The molecule has 0 radical (unpaired) electrons. The molecular formula is C14H21N3O3S. The first-order chi connectivity index (χ1) is 9.77. The fourth-order valence-electron chi connectivity index (χ4n) is 2.32. The fraction of sp³-hybridized carbons (Fsp3) is 0.500. The van der Waals surface area contributed by atoms with Crippen LogP contribution < -0.4 is 10.5 Å². The van der Waals surface area contributed by atoms with E-state index in [9.17, 15) is 13.2 Å². The van der Waals surface area contributed by atoms with Crippen molar-refractivity contribution in [1.29, 1.82) is 0 Å². The normalized spacial score (nSPS) is 16.8. The van der Waals surface area contributed by atoms with Crippen molar-refractivity contribution in [2.75, 3.05) is 18.4 Å². The molecule has 1 aromatic carbocycles. The molecule has 1 aliphatic heterocycles. The largest absolute Gasteiger partial charge is 0.325 e. The lowest BCUT2D eigenvalue weighted by Gasteiger charge is -2.30. The van der Waals surface area contributed by atoms with Crippen LogP contribution in [-0.2, 0) is 10.0 Å². The Bertz CT molecular complexity index is 635. The number of carbonyl (C=O) groups is 1. The summed E-state index contributed by atoms with van der Waals surface area (Å²) in [4.78, 5) is 14.0. The number of rotatable bonds is 2. The maximum Gasteiger partial charge on any atom is 0.321 e. The van der Waals surface area contributed by atoms with E-state index in [2.05, 4.69) is 12.2 Å². The van der Waals surface area contributed by atoms with E-state index in [-0.39, 0.29) is 10.9 Å². The Morgan fingerprint density at radius 1 is 1.33 bits per heavy atom. The molecule has 21 heavy (non-hydrogen) atoms. The van der Waals surface area contributed by atoms with Gasteiger partial charge in [0.1, 0.15) is 0 Å². The number of hydrogen-bond donors (Lipinski definition) is 2. The summed E-state index contributed by atoms with van der Waals surface area (Å²) >= 11 is 0. The predicted octanol–water partition coefficient (Wildman–Crippen LogP) is 1.91. The topological polar surface area (TPSA) is 92.5 Å². The molecule has 0 spiro atoms. The minimum absolute atomic E-state index is 0.00401. The van der Waals surface area contributed by atoms with Gasteiger partial charge in [-0.05, 0) is 43.4 Å². The number of benzene rings is 1. The highest BCUT2D eigenvalue weighted by Crippen LogP contribution is 2.21. The summed E-state index contributed by atoms with van der Waals surface area (Å²) in [5.74, 6) is 0.640. The zero-order chi connectivity index (χ0) is 15.6. The van der Waals surface area contributed by atoms with Gasteiger partial charge in [-0.25, -0.2) is 18.4 Å². The highest BCUT2D eigenvalue weighted by Gasteiger charge is 2.21. The summed E-state index contributed by atoms with van der Waals surface area (Å²) in [7, 11) is -3.77. The molecule has 2 rings (SSSR count). The molecule has 0 unspecified atom stereocenters. The molecule has 1 fully saturated rings. The van der Waals surface area contributed by atoms with Crippen molar-refractivity contribution in [3.8, 4) is 0 Å². The lowest BCUT2D eigenvalue weighted by atomic mass is 10.00. The maximum absolute atomic E-state index is 12.2. The van der Waals surface area contributed by atoms with E-state index in [0.717, 1.165) is 31.5 Å². The van der Waals surface area contributed by atoms with E-state index in [0.29, 0.717) is 11.6 Å². The van der Waals surface area contributed by atoms with Crippen molar-refractivity contribution < 1.29 is 13.2 Å². The van der Waals surface area contributed by atoms with Crippen molar-refractivity contribution in [1.82, 2.24) is 4.90 Å². The Morgan fingerprint density at radius 2 is 1.95 bits per heavy atom. The molecular weight excluding hydrogens is 290 g/mol. The molecule has 2 amide bonds. The molecule has 0 atom stereocenters. The number of primary sulfonamides is 1. The molecule has 0 aromatic heterocycles. The van der Waals surface area contributed by atoms with E-state index < -0.39 is 10.0 Å². The molecule has 0 saturated carbocycles. The Kier molecular flexibility index (Phi) is 4.53. The van der Waals surface area contributed by atoms with Gasteiger partial charge >= 0.3 is 6.03 Å². The number of hydrogen-bond acceptors (Lipinski definition) is 3. The van der Waals surface area contributed by atoms with E-state index >= 15 is 0 Å². The van der Waals surface area contributed by atoms with Crippen LogP contribution in [0.4, 0.5) is 10.5 Å². The second-order valence-corrected chi connectivity index (χ2v) is 7.18. The van der Waals surface area contributed by atoms with E-state index in [4.69, 9.17) is 5.14 Å². The summed E-state index contributed by atoms with van der Waals surface area (Å²) in [5.41, 5.74) is 1.27. The first kappa shape index (κ1) is 15.8. The highest BCUT2D eigenvalue weighted by molar-refractivity contribution is 7.89. The van der Waals surface area contributed by atoms with Gasteiger partial charge in [0.25, 0.3) is 0 Å². The van der Waals surface area contributed by atoms with Crippen LogP contribution in [0.3, 0.4) is 0 Å². The predicted molar refractivity (Wildman–Crippen MR) is 81.5 cm³/mol. The summed E-state index contributed by atoms with van der Waals surface area (Å²) in [6.45, 7) is 5.43. The quantitative estimate of drug-likeness (QED) is 0.873. The number of nitrogens with two attached hydrogens (primary N) is 1. The Morgan fingerprint density at radius 3 is 2.52 bits per heavy atom. The summed E-state index contributed by atoms with van der Waals surface area (Å²) in [5, 5.41) is 7.89. The first-order valence-corrected chi connectivity index (χ1v) is 8.51. The number of amides is 2. The summed E-state index contributed by atoms with van der Waals surface area (Å²) in [6.07, 6.45) is 1.98.